The minimum absolute atomic E-state index is 0. The molecule has 23 heavy (non-hydrogen) atoms. The van der Waals surface area contributed by atoms with Crippen molar-refractivity contribution in [2.24, 2.45) is 5.73 Å². The SMILES string of the molecule is CCN.Cc1cccc(C)c1.Sc1ccccc1.[CH-]=C[CH2-].[CH3-].[Y+3]. The van der Waals surface area contributed by atoms with E-state index >= 15 is 0 Å². The molecule has 0 aromatic heterocycles. The molecule has 1 nitrogen and oxygen atoms in total. The zero-order valence-corrected chi connectivity index (χ0v) is 18.6. The molecule has 0 fully saturated rings. The average molecular weight is 405 g/mol. The summed E-state index contributed by atoms with van der Waals surface area (Å²) < 4.78 is 0. The van der Waals surface area contributed by atoms with E-state index in [4.69, 9.17) is 5.73 Å². The summed E-state index contributed by atoms with van der Waals surface area (Å²) in [6.07, 6.45) is 1.25. The van der Waals surface area contributed by atoms with E-state index in [0.29, 0.717) is 0 Å². The molecule has 0 heterocycles. The van der Waals surface area contributed by atoms with E-state index in [2.05, 4.69) is 64.2 Å². The number of hydrogen-bond acceptors (Lipinski definition) is 2. The molecule has 0 amide bonds. The van der Waals surface area contributed by atoms with Gasteiger partial charge in [0.15, 0.2) is 0 Å². The Bertz CT molecular complexity index is 441. The van der Waals surface area contributed by atoms with Crippen molar-refractivity contribution in [3.63, 3.8) is 0 Å². The summed E-state index contributed by atoms with van der Waals surface area (Å²) >= 11 is 4.08. The second-order valence-corrected chi connectivity index (χ2v) is 4.65. The average Bonchev–Trinajstić information content (AvgIpc) is 2.42. The van der Waals surface area contributed by atoms with Gasteiger partial charge in [-0.15, -0.1) is 12.6 Å². The standard InChI is InChI=1S/C8H10.C6H6S.C3H4.C2H7N.CH3.Y/c1-7-4-3-5-8(2)6-7;7-6-4-2-1-3-5-6;1-3-2;1-2-3;;/h3-6H,1-2H3;1-5,7H;1,3H,2H2;2-3H2,1H3;1H3;/q;;-2;;-1;+3. The monoisotopic (exact) mass is 405 g/mol. The summed E-state index contributed by atoms with van der Waals surface area (Å²) in [7, 11) is 0. The van der Waals surface area contributed by atoms with Gasteiger partial charge in [0, 0.05) is 4.90 Å². The molecule has 2 rings (SSSR count). The number of rotatable bonds is 0. The van der Waals surface area contributed by atoms with Gasteiger partial charge in [0.1, 0.15) is 0 Å². The van der Waals surface area contributed by atoms with E-state index in [9.17, 15) is 0 Å². The quantitative estimate of drug-likeness (QED) is 0.439. The topological polar surface area (TPSA) is 26.0 Å². The van der Waals surface area contributed by atoms with E-state index in [0.717, 1.165) is 11.4 Å². The second kappa shape index (κ2) is 23.7. The molecule has 0 saturated heterocycles. The molecular weight excluding hydrogens is 375 g/mol. The van der Waals surface area contributed by atoms with E-state index in [1.807, 2.05) is 37.3 Å². The van der Waals surface area contributed by atoms with Crippen molar-refractivity contribution in [2.45, 2.75) is 25.7 Å². The molecule has 0 aliphatic heterocycles. The Morgan fingerprint density at radius 2 is 1.39 bits per heavy atom. The fourth-order valence-corrected chi connectivity index (χ4v) is 1.41. The summed E-state index contributed by atoms with van der Waals surface area (Å²) in [6, 6.07) is 18.2. The van der Waals surface area contributed by atoms with Crippen molar-refractivity contribution >= 4 is 12.6 Å². The first kappa shape index (κ1) is 30.4. The molecular formula is C20H30NSY. The van der Waals surface area contributed by atoms with Gasteiger partial charge < -0.3 is 32.7 Å². The molecule has 0 spiro atoms. The molecule has 0 unspecified atom stereocenters. The number of thiol groups is 1. The minimum Gasteiger partial charge on any atom is -0.549 e. The number of benzene rings is 2. The normalized spacial score (nSPS) is 7.17. The molecule has 3 heteroatoms. The largest absolute Gasteiger partial charge is 3.00 e. The smallest absolute Gasteiger partial charge is 0.549 e. The Kier molecular flexibility index (Phi) is 31.3. The number of hydrogen-bond donors (Lipinski definition) is 2. The Morgan fingerprint density at radius 1 is 1.04 bits per heavy atom. The van der Waals surface area contributed by atoms with Crippen molar-refractivity contribution in [1.82, 2.24) is 0 Å². The van der Waals surface area contributed by atoms with Gasteiger partial charge in [-0.3, -0.25) is 0 Å². The van der Waals surface area contributed by atoms with Gasteiger partial charge in [-0.05, 0) is 32.5 Å². The second-order valence-electron chi connectivity index (χ2n) is 4.14. The fraction of sp³-hybridized carbons (Fsp3) is 0.200. The van der Waals surface area contributed by atoms with Gasteiger partial charge in [0.05, 0.1) is 0 Å². The molecule has 2 aromatic rings. The third kappa shape index (κ3) is 26.7. The van der Waals surface area contributed by atoms with E-state index in [-0.39, 0.29) is 40.1 Å². The van der Waals surface area contributed by atoms with Gasteiger partial charge in [0.25, 0.3) is 0 Å². The maximum atomic E-state index is 4.85. The van der Waals surface area contributed by atoms with Crippen LogP contribution in [0.15, 0.2) is 65.6 Å². The molecule has 0 aliphatic carbocycles. The van der Waals surface area contributed by atoms with Crippen molar-refractivity contribution in [3.05, 3.63) is 92.7 Å². The van der Waals surface area contributed by atoms with Crippen LogP contribution in [0, 0.1) is 34.8 Å². The summed E-state index contributed by atoms with van der Waals surface area (Å²) in [5, 5.41) is 0. The molecule has 0 aliphatic rings. The zero-order valence-electron chi connectivity index (χ0n) is 14.9. The van der Waals surface area contributed by atoms with Crippen molar-refractivity contribution < 1.29 is 32.7 Å². The first-order chi connectivity index (χ1) is 10.0. The molecule has 0 bridgehead atoms. The van der Waals surface area contributed by atoms with Crippen LogP contribution in [0.5, 0.6) is 0 Å². The Balaban J connectivity index is -0.000000111. The van der Waals surface area contributed by atoms with Crippen LogP contribution in [0.3, 0.4) is 0 Å². The van der Waals surface area contributed by atoms with Crippen LogP contribution in [-0.4, -0.2) is 6.54 Å². The number of allylic oxidation sites excluding steroid dienone is 1. The predicted molar refractivity (Wildman–Crippen MR) is 105 cm³/mol. The summed E-state index contributed by atoms with van der Waals surface area (Å²) in [5.41, 5.74) is 7.52. The van der Waals surface area contributed by atoms with Gasteiger partial charge in [0.2, 0.25) is 0 Å². The van der Waals surface area contributed by atoms with Crippen LogP contribution in [0.2, 0.25) is 0 Å². The molecule has 0 saturated carbocycles. The molecule has 2 aromatic carbocycles. The Labute approximate surface area is 175 Å². The van der Waals surface area contributed by atoms with E-state index in [1.54, 1.807) is 0 Å². The number of nitrogens with two attached hydrogens (primary N) is 1. The van der Waals surface area contributed by atoms with E-state index in [1.165, 1.54) is 17.2 Å². The molecule has 0 atom stereocenters. The van der Waals surface area contributed by atoms with E-state index < -0.39 is 0 Å². The van der Waals surface area contributed by atoms with Crippen LogP contribution < -0.4 is 5.73 Å². The molecule has 0 radical (unpaired) electrons. The Hall–Kier alpha value is -0.536. The van der Waals surface area contributed by atoms with Crippen LogP contribution in [0.25, 0.3) is 0 Å². The van der Waals surface area contributed by atoms with Gasteiger partial charge in [-0.2, -0.15) is 0 Å². The minimum atomic E-state index is 0. The summed E-state index contributed by atoms with van der Waals surface area (Å²) in [5.74, 6) is 0. The van der Waals surface area contributed by atoms with Crippen molar-refractivity contribution in [2.75, 3.05) is 6.54 Å². The third-order valence-electron chi connectivity index (χ3n) is 1.93. The first-order valence-corrected chi connectivity index (χ1v) is 7.26. The van der Waals surface area contributed by atoms with Crippen LogP contribution in [0.4, 0.5) is 0 Å². The van der Waals surface area contributed by atoms with Crippen LogP contribution >= 0.6 is 12.6 Å². The van der Waals surface area contributed by atoms with Crippen molar-refractivity contribution in [3.8, 4) is 0 Å². The van der Waals surface area contributed by atoms with Crippen molar-refractivity contribution in [1.29, 1.82) is 0 Å². The molecule has 124 valence electrons. The predicted octanol–water partition coefficient (Wildman–Crippen LogP) is 5.50. The van der Waals surface area contributed by atoms with Gasteiger partial charge >= 0.3 is 32.7 Å². The van der Waals surface area contributed by atoms with Gasteiger partial charge in [-0.1, -0.05) is 60.5 Å². The maximum absolute atomic E-state index is 4.85. The zero-order chi connectivity index (χ0) is 16.5. The summed E-state index contributed by atoms with van der Waals surface area (Å²) in [4.78, 5) is 1.02. The first-order valence-electron chi connectivity index (χ1n) is 6.81. The summed E-state index contributed by atoms with van der Waals surface area (Å²) in [6.45, 7) is 14.6. The molecule has 2 N–H and O–H groups in total. The third-order valence-corrected chi connectivity index (χ3v) is 2.23. The van der Waals surface area contributed by atoms with Gasteiger partial charge in [-0.25, -0.2) is 0 Å². The van der Waals surface area contributed by atoms with Crippen LogP contribution in [-0.2, 0) is 32.7 Å². The maximum Gasteiger partial charge on any atom is 3.00 e. The fourth-order valence-electron chi connectivity index (χ4n) is 1.24. The number of aryl methyl sites for hydroxylation is 2. The van der Waals surface area contributed by atoms with Crippen LogP contribution in [0.1, 0.15) is 18.1 Å². The Morgan fingerprint density at radius 3 is 1.57 bits per heavy atom.